The minimum atomic E-state index is -0.444. The SMILES string of the molecule is CCCCC[C@H](O)CC[C@@H]1C2Cc3cccc(OCC(=O)NCCCF)c3C[C@H]2C[C@H]1O. The first-order valence-electron chi connectivity index (χ1n) is 12.5. The Labute approximate surface area is 191 Å². The van der Waals surface area contributed by atoms with Crippen molar-refractivity contribution in [1.29, 1.82) is 0 Å². The lowest BCUT2D eigenvalue weighted by molar-refractivity contribution is -0.123. The van der Waals surface area contributed by atoms with E-state index in [1.54, 1.807) is 0 Å². The van der Waals surface area contributed by atoms with Gasteiger partial charge in [-0.3, -0.25) is 9.18 Å². The second-order valence-corrected chi connectivity index (χ2v) is 9.60. The highest BCUT2D eigenvalue weighted by molar-refractivity contribution is 5.77. The lowest BCUT2D eigenvalue weighted by Gasteiger charge is -2.32. The third-order valence-electron chi connectivity index (χ3n) is 7.31. The van der Waals surface area contributed by atoms with Gasteiger partial charge in [0.1, 0.15) is 5.75 Å². The van der Waals surface area contributed by atoms with Crippen molar-refractivity contribution in [3.8, 4) is 5.75 Å². The van der Waals surface area contributed by atoms with Crippen LogP contribution in [0.5, 0.6) is 5.75 Å². The zero-order valence-electron chi connectivity index (χ0n) is 19.4. The fourth-order valence-corrected chi connectivity index (χ4v) is 5.59. The Hall–Kier alpha value is -1.66. The Bertz CT molecular complexity index is 728. The van der Waals surface area contributed by atoms with Crippen molar-refractivity contribution in [2.75, 3.05) is 19.8 Å². The molecule has 180 valence electrons. The Morgan fingerprint density at radius 3 is 2.88 bits per heavy atom. The minimum absolute atomic E-state index is 0.0714. The quantitative estimate of drug-likeness (QED) is 0.398. The predicted molar refractivity (Wildman–Crippen MR) is 123 cm³/mol. The number of aliphatic hydroxyl groups excluding tert-OH is 2. The van der Waals surface area contributed by atoms with E-state index in [1.165, 1.54) is 5.56 Å². The molecular weight excluding hydrogens is 409 g/mol. The molecule has 0 bridgehead atoms. The minimum Gasteiger partial charge on any atom is -0.483 e. The highest BCUT2D eigenvalue weighted by atomic mass is 19.1. The molecule has 0 saturated heterocycles. The van der Waals surface area contributed by atoms with Gasteiger partial charge in [0.05, 0.1) is 18.9 Å². The van der Waals surface area contributed by atoms with Gasteiger partial charge in [0.2, 0.25) is 0 Å². The van der Waals surface area contributed by atoms with E-state index in [4.69, 9.17) is 4.74 Å². The summed E-state index contributed by atoms with van der Waals surface area (Å²) in [6.45, 7) is 1.98. The largest absolute Gasteiger partial charge is 0.483 e. The van der Waals surface area contributed by atoms with E-state index in [1.807, 2.05) is 12.1 Å². The van der Waals surface area contributed by atoms with Crippen molar-refractivity contribution in [2.45, 2.75) is 83.3 Å². The summed E-state index contributed by atoms with van der Waals surface area (Å²) in [4.78, 5) is 11.9. The maximum atomic E-state index is 12.2. The van der Waals surface area contributed by atoms with Crippen LogP contribution < -0.4 is 10.1 Å². The van der Waals surface area contributed by atoms with Gasteiger partial charge in [-0.2, -0.15) is 0 Å². The van der Waals surface area contributed by atoms with Gasteiger partial charge in [0.15, 0.2) is 6.61 Å². The van der Waals surface area contributed by atoms with Crippen LogP contribution in [0.1, 0.15) is 69.4 Å². The Balaban J connectivity index is 1.56. The number of nitrogens with one attached hydrogen (secondary N) is 1. The molecule has 3 N–H and O–H groups in total. The van der Waals surface area contributed by atoms with Gasteiger partial charge in [-0.25, -0.2) is 0 Å². The molecule has 0 radical (unpaired) electrons. The van der Waals surface area contributed by atoms with E-state index in [2.05, 4.69) is 18.3 Å². The molecule has 3 rings (SSSR count). The number of aliphatic hydroxyl groups is 2. The van der Waals surface area contributed by atoms with Crippen LogP contribution in [0.2, 0.25) is 0 Å². The number of hydrogen-bond acceptors (Lipinski definition) is 4. The molecule has 0 aliphatic heterocycles. The molecule has 1 aromatic carbocycles. The number of carbonyl (C=O) groups is 1. The van der Waals surface area contributed by atoms with Crippen molar-refractivity contribution in [2.24, 2.45) is 17.8 Å². The molecule has 1 saturated carbocycles. The monoisotopic (exact) mass is 449 g/mol. The highest BCUT2D eigenvalue weighted by Gasteiger charge is 2.44. The standard InChI is InChI=1S/C26H40FNO4/c1-2-3-4-8-20(29)10-11-21-22-14-18-7-5-9-25(23(18)15-19(22)16-24(21)30)32-17-26(31)28-13-6-12-27/h5,7,9,19-22,24,29-30H,2-4,6,8,10-17H2,1H3,(H,28,31)/t19-,20-,21+,22?,24+/m0/s1. The molecular formula is C26H40FNO4. The second kappa shape index (κ2) is 12.5. The van der Waals surface area contributed by atoms with Gasteiger partial charge in [-0.1, -0.05) is 38.3 Å². The predicted octanol–water partition coefficient (Wildman–Crippen LogP) is 3.97. The molecule has 0 aromatic heterocycles. The normalized spacial score (nSPS) is 25.1. The van der Waals surface area contributed by atoms with Crippen LogP contribution >= 0.6 is 0 Å². The number of carbonyl (C=O) groups excluding carboxylic acids is 1. The number of hydrogen-bond donors (Lipinski definition) is 3. The van der Waals surface area contributed by atoms with Gasteiger partial charge >= 0.3 is 0 Å². The summed E-state index contributed by atoms with van der Waals surface area (Å²) in [6, 6.07) is 6.00. The Morgan fingerprint density at radius 2 is 2.09 bits per heavy atom. The fourth-order valence-electron chi connectivity index (χ4n) is 5.59. The van der Waals surface area contributed by atoms with Crippen LogP contribution in [0, 0.1) is 17.8 Å². The first-order chi connectivity index (χ1) is 15.5. The summed E-state index contributed by atoms with van der Waals surface area (Å²) in [6.07, 6.45) is 8.18. The van der Waals surface area contributed by atoms with Crippen LogP contribution in [0.3, 0.4) is 0 Å². The van der Waals surface area contributed by atoms with E-state index in [0.29, 0.717) is 24.8 Å². The summed E-state index contributed by atoms with van der Waals surface area (Å²) in [5.41, 5.74) is 2.39. The van der Waals surface area contributed by atoms with Crippen molar-refractivity contribution in [1.82, 2.24) is 5.32 Å². The number of amides is 1. The molecule has 0 spiro atoms. The lowest BCUT2D eigenvalue weighted by atomic mass is 9.73. The average molecular weight is 450 g/mol. The van der Waals surface area contributed by atoms with Crippen LogP contribution in [0.4, 0.5) is 4.39 Å². The van der Waals surface area contributed by atoms with Crippen LogP contribution in [-0.4, -0.2) is 48.2 Å². The average Bonchev–Trinajstić information content (AvgIpc) is 3.09. The molecule has 6 heteroatoms. The summed E-state index contributed by atoms with van der Waals surface area (Å²) in [5, 5.41) is 23.8. The van der Waals surface area contributed by atoms with Gasteiger partial charge in [0, 0.05) is 6.54 Å². The van der Waals surface area contributed by atoms with Crippen LogP contribution in [-0.2, 0) is 17.6 Å². The van der Waals surface area contributed by atoms with Gasteiger partial charge in [0.25, 0.3) is 5.91 Å². The van der Waals surface area contributed by atoms with Gasteiger partial charge in [-0.15, -0.1) is 0 Å². The van der Waals surface area contributed by atoms with Gasteiger partial charge < -0.3 is 20.3 Å². The number of alkyl halides is 1. The molecule has 5 atom stereocenters. The Kier molecular flexibility index (Phi) is 9.79. The maximum absolute atomic E-state index is 12.2. The number of rotatable bonds is 13. The number of ether oxygens (including phenoxy) is 1. The summed E-state index contributed by atoms with van der Waals surface area (Å²) in [7, 11) is 0. The lowest BCUT2D eigenvalue weighted by Crippen LogP contribution is -2.31. The number of unbranched alkanes of at least 4 members (excludes halogenated alkanes) is 2. The number of fused-ring (bicyclic) bond motifs is 2. The van der Waals surface area contributed by atoms with Crippen LogP contribution in [0.15, 0.2) is 18.2 Å². The van der Waals surface area contributed by atoms with E-state index in [0.717, 1.165) is 69.1 Å². The topological polar surface area (TPSA) is 78.8 Å². The molecule has 0 heterocycles. The van der Waals surface area contributed by atoms with E-state index < -0.39 is 6.67 Å². The summed E-state index contributed by atoms with van der Waals surface area (Å²) >= 11 is 0. The van der Waals surface area contributed by atoms with E-state index in [9.17, 15) is 19.4 Å². The molecule has 2 aliphatic rings. The number of halogens is 1. The third-order valence-corrected chi connectivity index (χ3v) is 7.31. The zero-order chi connectivity index (χ0) is 22.9. The second-order valence-electron chi connectivity index (χ2n) is 9.60. The Morgan fingerprint density at radius 1 is 1.25 bits per heavy atom. The molecule has 32 heavy (non-hydrogen) atoms. The smallest absolute Gasteiger partial charge is 0.257 e. The maximum Gasteiger partial charge on any atom is 0.257 e. The molecule has 1 aromatic rings. The summed E-state index contributed by atoms with van der Waals surface area (Å²) in [5.74, 6) is 1.58. The van der Waals surface area contributed by atoms with E-state index >= 15 is 0 Å². The fraction of sp³-hybridized carbons (Fsp3) is 0.731. The molecule has 2 aliphatic carbocycles. The molecule has 5 nitrogen and oxygen atoms in total. The van der Waals surface area contributed by atoms with Crippen molar-refractivity contribution in [3.05, 3.63) is 29.3 Å². The zero-order valence-corrected chi connectivity index (χ0v) is 19.4. The van der Waals surface area contributed by atoms with E-state index in [-0.39, 0.29) is 30.6 Å². The first-order valence-corrected chi connectivity index (χ1v) is 12.5. The van der Waals surface area contributed by atoms with Gasteiger partial charge in [-0.05, 0) is 79.9 Å². The first kappa shape index (κ1) is 25.0. The third kappa shape index (κ3) is 6.67. The molecule has 1 fully saturated rings. The molecule has 1 amide bonds. The number of benzene rings is 1. The summed E-state index contributed by atoms with van der Waals surface area (Å²) < 4.78 is 18.0. The van der Waals surface area contributed by atoms with Crippen molar-refractivity contribution in [3.63, 3.8) is 0 Å². The highest BCUT2D eigenvalue weighted by Crippen LogP contribution is 2.48. The van der Waals surface area contributed by atoms with Crippen molar-refractivity contribution < 1.29 is 24.1 Å². The van der Waals surface area contributed by atoms with Crippen molar-refractivity contribution >= 4 is 5.91 Å². The molecule has 1 unspecified atom stereocenters. The van der Waals surface area contributed by atoms with Crippen LogP contribution in [0.25, 0.3) is 0 Å².